The lowest BCUT2D eigenvalue weighted by Crippen LogP contribution is -2.24. The quantitative estimate of drug-likeness (QED) is 0.767. The van der Waals surface area contributed by atoms with Gasteiger partial charge in [0.1, 0.15) is 6.07 Å². The molecule has 0 radical (unpaired) electrons. The normalized spacial score (nSPS) is 11.1. The predicted molar refractivity (Wildman–Crippen MR) is 105 cm³/mol. The maximum atomic E-state index is 12.4. The second-order valence-corrected chi connectivity index (χ2v) is 8.50. The molecule has 0 atom stereocenters. The fourth-order valence-corrected chi connectivity index (χ4v) is 3.62. The summed E-state index contributed by atoms with van der Waals surface area (Å²) in [5.74, 6) is -0.339. The number of carbonyl (C=O) groups excluding carboxylic acids is 1. The molecule has 0 saturated carbocycles. The van der Waals surface area contributed by atoms with Crippen LogP contribution >= 0.6 is 11.6 Å². The van der Waals surface area contributed by atoms with Crippen LogP contribution in [0.5, 0.6) is 0 Å². The van der Waals surface area contributed by atoms with Crippen molar-refractivity contribution in [3.63, 3.8) is 0 Å². The van der Waals surface area contributed by atoms with Gasteiger partial charge >= 0.3 is 0 Å². The Morgan fingerprint density at radius 3 is 2.44 bits per heavy atom. The van der Waals surface area contributed by atoms with E-state index in [9.17, 15) is 13.2 Å². The molecular formula is C18H19ClN4O3S. The highest BCUT2D eigenvalue weighted by molar-refractivity contribution is 7.89. The number of hydrogen-bond donors (Lipinski definition) is 2. The minimum absolute atomic E-state index is 0.0673. The SMILES string of the molecule is Cc1ccc(NCC(=O)Nc2ccc(C#N)c(Cl)c2)cc1S(=O)(=O)N(C)C. The van der Waals surface area contributed by atoms with Crippen LogP contribution in [0.15, 0.2) is 41.3 Å². The molecule has 0 heterocycles. The first-order valence-corrected chi connectivity index (χ1v) is 9.73. The molecule has 2 aromatic carbocycles. The zero-order chi connectivity index (χ0) is 20.2. The lowest BCUT2D eigenvalue weighted by atomic mass is 10.2. The number of nitrogens with one attached hydrogen (secondary N) is 2. The number of nitrogens with zero attached hydrogens (tertiary/aromatic N) is 2. The van der Waals surface area contributed by atoms with Crippen molar-refractivity contribution in [3.8, 4) is 6.07 Å². The molecule has 9 heteroatoms. The van der Waals surface area contributed by atoms with E-state index in [2.05, 4.69) is 10.6 Å². The zero-order valence-electron chi connectivity index (χ0n) is 15.1. The average Bonchev–Trinajstić information content (AvgIpc) is 2.61. The molecular weight excluding hydrogens is 388 g/mol. The standard InChI is InChI=1S/C18H19ClN4O3S/c1-12-4-6-14(9-17(12)27(25,26)23(2)3)21-11-18(24)22-15-7-5-13(10-20)16(19)8-15/h4-9,21H,11H2,1-3H3,(H,22,24). The van der Waals surface area contributed by atoms with Crippen molar-refractivity contribution >= 4 is 38.9 Å². The number of carbonyl (C=O) groups is 1. The van der Waals surface area contributed by atoms with Gasteiger partial charge in [-0.1, -0.05) is 17.7 Å². The summed E-state index contributed by atoms with van der Waals surface area (Å²) in [4.78, 5) is 12.3. The summed E-state index contributed by atoms with van der Waals surface area (Å²) < 4.78 is 25.8. The van der Waals surface area contributed by atoms with E-state index >= 15 is 0 Å². The van der Waals surface area contributed by atoms with E-state index in [1.165, 1.54) is 32.3 Å². The first-order valence-electron chi connectivity index (χ1n) is 7.91. The molecule has 7 nitrogen and oxygen atoms in total. The van der Waals surface area contributed by atoms with E-state index in [0.29, 0.717) is 22.5 Å². The molecule has 0 bridgehead atoms. The number of nitriles is 1. The summed E-state index contributed by atoms with van der Waals surface area (Å²) >= 11 is 5.94. The van der Waals surface area contributed by atoms with Crippen molar-refractivity contribution in [2.45, 2.75) is 11.8 Å². The number of amides is 1. The van der Waals surface area contributed by atoms with Crippen molar-refractivity contribution in [2.24, 2.45) is 0 Å². The Labute approximate surface area is 163 Å². The molecule has 0 saturated heterocycles. The summed E-state index contributed by atoms with van der Waals surface area (Å²) in [6.07, 6.45) is 0. The molecule has 0 aliphatic heterocycles. The second-order valence-electron chi connectivity index (χ2n) is 5.98. The third-order valence-corrected chi connectivity index (χ3v) is 6.04. The van der Waals surface area contributed by atoms with Gasteiger partial charge < -0.3 is 10.6 Å². The van der Waals surface area contributed by atoms with Gasteiger partial charge in [-0.05, 0) is 42.8 Å². The molecule has 0 spiro atoms. The molecule has 2 rings (SSSR count). The van der Waals surface area contributed by atoms with E-state index in [1.54, 1.807) is 25.1 Å². The van der Waals surface area contributed by atoms with Crippen molar-refractivity contribution in [1.82, 2.24) is 4.31 Å². The lowest BCUT2D eigenvalue weighted by molar-refractivity contribution is -0.114. The molecule has 2 N–H and O–H groups in total. The summed E-state index contributed by atoms with van der Waals surface area (Å²) in [5, 5.41) is 14.7. The van der Waals surface area contributed by atoms with Gasteiger partial charge in [0.25, 0.3) is 0 Å². The first-order chi connectivity index (χ1) is 12.6. The van der Waals surface area contributed by atoms with Gasteiger partial charge in [0, 0.05) is 25.5 Å². The van der Waals surface area contributed by atoms with Crippen LogP contribution in [0.2, 0.25) is 5.02 Å². The highest BCUT2D eigenvalue weighted by Gasteiger charge is 2.20. The molecule has 27 heavy (non-hydrogen) atoms. The monoisotopic (exact) mass is 406 g/mol. The number of aryl methyl sites for hydroxylation is 1. The van der Waals surface area contributed by atoms with E-state index < -0.39 is 10.0 Å². The molecule has 0 aliphatic carbocycles. The molecule has 0 aliphatic rings. The van der Waals surface area contributed by atoms with E-state index in [1.807, 2.05) is 6.07 Å². The topological polar surface area (TPSA) is 102 Å². The van der Waals surface area contributed by atoms with Crippen LogP contribution in [0.4, 0.5) is 11.4 Å². The number of halogens is 1. The predicted octanol–water partition coefficient (Wildman–Crippen LogP) is 2.82. The van der Waals surface area contributed by atoms with Crippen LogP contribution in [-0.2, 0) is 14.8 Å². The Bertz CT molecular complexity index is 1010. The second kappa shape index (κ2) is 8.39. The maximum absolute atomic E-state index is 12.4. The summed E-state index contributed by atoms with van der Waals surface area (Å²) in [7, 11) is -0.650. The number of benzene rings is 2. The fraction of sp³-hybridized carbons (Fsp3) is 0.222. The Morgan fingerprint density at radius 2 is 1.85 bits per heavy atom. The van der Waals surface area contributed by atoms with Crippen molar-refractivity contribution in [3.05, 3.63) is 52.5 Å². The van der Waals surface area contributed by atoms with Gasteiger partial charge in [-0.3, -0.25) is 4.79 Å². The van der Waals surface area contributed by atoms with Crippen LogP contribution in [0.1, 0.15) is 11.1 Å². The molecule has 0 fully saturated rings. The highest BCUT2D eigenvalue weighted by atomic mass is 35.5. The average molecular weight is 407 g/mol. The molecule has 0 unspecified atom stereocenters. The maximum Gasteiger partial charge on any atom is 0.243 e. The van der Waals surface area contributed by atoms with Crippen LogP contribution in [0.3, 0.4) is 0 Å². The van der Waals surface area contributed by atoms with E-state index in [0.717, 1.165) is 4.31 Å². The minimum atomic E-state index is -3.58. The molecule has 0 aromatic heterocycles. The summed E-state index contributed by atoms with van der Waals surface area (Å²) in [5.41, 5.74) is 1.91. The number of anilines is 2. The van der Waals surface area contributed by atoms with Crippen molar-refractivity contribution in [1.29, 1.82) is 5.26 Å². The van der Waals surface area contributed by atoms with Gasteiger partial charge in [0.05, 0.1) is 22.0 Å². The minimum Gasteiger partial charge on any atom is -0.376 e. The number of sulfonamides is 1. The van der Waals surface area contributed by atoms with Crippen molar-refractivity contribution in [2.75, 3.05) is 31.3 Å². The zero-order valence-corrected chi connectivity index (χ0v) is 16.6. The Kier molecular flexibility index (Phi) is 6.44. The van der Waals surface area contributed by atoms with Gasteiger partial charge in [0.15, 0.2) is 0 Å². The first kappa shape index (κ1) is 20.7. The lowest BCUT2D eigenvalue weighted by Gasteiger charge is -2.15. The van der Waals surface area contributed by atoms with Crippen LogP contribution in [0.25, 0.3) is 0 Å². The van der Waals surface area contributed by atoms with Crippen molar-refractivity contribution < 1.29 is 13.2 Å². The van der Waals surface area contributed by atoms with Gasteiger partial charge in [-0.15, -0.1) is 0 Å². The van der Waals surface area contributed by atoms with Gasteiger partial charge in [-0.2, -0.15) is 5.26 Å². The smallest absolute Gasteiger partial charge is 0.243 e. The summed E-state index contributed by atoms with van der Waals surface area (Å²) in [6.45, 7) is 1.64. The summed E-state index contributed by atoms with van der Waals surface area (Å²) in [6, 6.07) is 11.4. The third-order valence-electron chi connectivity index (χ3n) is 3.77. The van der Waals surface area contributed by atoms with Gasteiger partial charge in [0.2, 0.25) is 15.9 Å². The van der Waals surface area contributed by atoms with E-state index in [-0.39, 0.29) is 22.4 Å². The van der Waals surface area contributed by atoms with Crippen LogP contribution in [-0.4, -0.2) is 39.3 Å². The largest absolute Gasteiger partial charge is 0.376 e. The number of hydrogen-bond acceptors (Lipinski definition) is 5. The Morgan fingerprint density at radius 1 is 1.19 bits per heavy atom. The highest BCUT2D eigenvalue weighted by Crippen LogP contribution is 2.23. The van der Waals surface area contributed by atoms with Crippen LogP contribution < -0.4 is 10.6 Å². The third kappa shape index (κ3) is 4.98. The Balaban J connectivity index is 2.07. The van der Waals surface area contributed by atoms with Crippen LogP contribution in [0, 0.1) is 18.3 Å². The number of rotatable bonds is 6. The Hall–Kier alpha value is -2.60. The molecule has 2 aromatic rings. The van der Waals surface area contributed by atoms with E-state index in [4.69, 9.17) is 16.9 Å². The molecule has 142 valence electrons. The molecule has 1 amide bonds. The fourth-order valence-electron chi connectivity index (χ4n) is 2.26. The van der Waals surface area contributed by atoms with Gasteiger partial charge in [-0.25, -0.2) is 12.7 Å².